The lowest BCUT2D eigenvalue weighted by atomic mass is 10.3. The van der Waals surface area contributed by atoms with Crippen molar-refractivity contribution in [1.82, 2.24) is 9.80 Å². The summed E-state index contributed by atoms with van der Waals surface area (Å²) in [6.07, 6.45) is 0. The van der Waals surface area contributed by atoms with Gasteiger partial charge in [0, 0.05) is 19.3 Å². The molecule has 2 amide bonds. The summed E-state index contributed by atoms with van der Waals surface area (Å²) in [7, 11) is 1.68. The van der Waals surface area contributed by atoms with E-state index in [1.54, 1.807) is 7.05 Å². The van der Waals surface area contributed by atoms with E-state index in [-0.39, 0.29) is 11.4 Å². The standard InChI is InChI=1S/C9H16N2O3S/c1-4-10(3)9(14)11-6(2)15-5-7(11)8(12)13/h6-7H,4-5H2,1-3H3,(H,12,13). The maximum absolute atomic E-state index is 11.9. The van der Waals surface area contributed by atoms with Crippen molar-refractivity contribution < 1.29 is 14.7 Å². The lowest BCUT2D eigenvalue weighted by Gasteiger charge is -2.29. The highest BCUT2D eigenvalue weighted by Crippen LogP contribution is 2.29. The number of urea groups is 1. The Bertz CT molecular complexity index is 272. The molecule has 15 heavy (non-hydrogen) atoms. The average Bonchev–Trinajstić information content (AvgIpc) is 2.58. The van der Waals surface area contributed by atoms with Crippen molar-refractivity contribution in [2.75, 3.05) is 19.3 Å². The first kappa shape index (κ1) is 12.2. The molecule has 1 fully saturated rings. The zero-order chi connectivity index (χ0) is 11.6. The van der Waals surface area contributed by atoms with Gasteiger partial charge in [0.15, 0.2) is 0 Å². The molecule has 0 spiro atoms. The first-order valence-electron chi connectivity index (χ1n) is 4.86. The van der Waals surface area contributed by atoms with E-state index < -0.39 is 12.0 Å². The average molecular weight is 232 g/mol. The number of carbonyl (C=O) groups excluding carboxylic acids is 1. The normalized spacial score (nSPS) is 25.4. The fourth-order valence-electron chi connectivity index (χ4n) is 1.46. The highest BCUT2D eigenvalue weighted by Gasteiger charge is 2.40. The quantitative estimate of drug-likeness (QED) is 0.768. The lowest BCUT2D eigenvalue weighted by molar-refractivity contribution is -0.141. The zero-order valence-electron chi connectivity index (χ0n) is 9.14. The van der Waals surface area contributed by atoms with Gasteiger partial charge in [-0.15, -0.1) is 11.8 Å². The maximum Gasteiger partial charge on any atom is 0.327 e. The molecule has 0 aromatic rings. The Labute approximate surface area is 93.4 Å². The predicted molar refractivity (Wildman–Crippen MR) is 58.9 cm³/mol. The molecule has 1 saturated heterocycles. The van der Waals surface area contributed by atoms with Crippen molar-refractivity contribution in [3.63, 3.8) is 0 Å². The molecule has 0 radical (unpaired) electrons. The van der Waals surface area contributed by atoms with E-state index in [4.69, 9.17) is 5.11 Å². The minimum absolute atomic E-state index is 0.0624. The monoisotopic (exact) mass is 232 g/mol. The van der Waals surface area contributed by atoms with Gasteiger partial charge >= 0.3 is 12.0 Å². The van der Waals surface area contributed by atoms with Crippen LogP contribution in [0.25, 0.3) is 0 Å². The van der Waals surface area contributed by atoms with Crippen LogP contribution in [-0.4, -0.2) is 57.7 Å². The maximum atomic E-state index is 11.9. The SMILES string of the molecule is CCN(C)C(=O)N1C(C)SCC1C(=O)O. The van der Waals surface area contributed by atoms with Crippen LogP contribution in [-0.2, 0) is 4.79 Å². The summed E-state index contributed by atoms with van der Waals surface area (Å²) in [5.41, 5.74) is 0. The Morgan fingerprint density at radius 3 is 2.67 bits per heavy atom. The topological polar surface area (TPSA) is 60.9 Å². The van der Waals surface area contributed by atoms with Gasteiger partial charge in [-0.05, 0) is 13.8 Å². The van der Waals surface area contributed by atoms with E-state index in [1.165, 1.54) is 21.6 Å². The van der Waals surface area contributed by atoms with Crippen LogP contribution in [0.15, 0.2) is 0 Å². The van der Waals surface area contributed by atoms with E-state index in [1.807, 2.05) is 13.8 Å². The van der Waals surface area contributed by atoms with Gasteiger partial charge in [-0.2, -0.15) is 0 Å². The van der Waals surface area contributed by atoms with Crippen molar-refractivity contribution in [2.45, 2.75) is 25.3 Å². The number of hydrogen-bond acceptors (Lipinski definition) is 3. The molecular weight excluding hydrogens is 216 g/mol. The second kappa shape index (κ2) is 4.74. The van der Waals surface area contributed by atoms with Crippen molar-refractivity contribution in [1.29, 1.82) is 0 Å². The molecule has 1 aliphatic heterocycles. The van der Waals surface area contributed by atoms with E-state index in [2.05, 4.69) is 0 Å². The van der Waals surface area contributed by atoms with Gasteiger partial charge in [-0.25, -0.2) is 9.59 Å². The van der Waals surface area contributed by atoms with Gasteiger partial charge in [-0.1, -0.05) is 0 Å². The van der Waals surface area contributed by atoms with Gasteiger partial charge in [0.2, 0.25) is 0 Å². The van der Waals surface area contributed by atoms with Crippen LogP contribution >= 0.6 is 11.8 Å². The van der Waals surface area contributed by atoms with Crippen molar-refractivity contribution >= 4 is 23.8 Å². The summed E-state index contributed by atoms with van der Waals surface area (Å²) < 4.78 is 0. The summed E-state index contributed by atoms with van der Waals surface area (Å²) in [5.74, 6) is -0.454. The van der Waals surface area contributed by atoms with E-state index >= 15 is 0 Å². The molecule has 0 aliphatic carbocycles. The molecule has 1 aliphatic rings. The Balaban J connectivity index is 2.80. The highest BCUT2D eigenvalue weighted by atomic mass is 32.2. The molecule has 0 saturated carbocycles. The number of nitrogens with zero attached hydrogens (tertiary/aromatic N) is 2. The number of rotatable bonds is 2. The lowest BCUT2D eigenvalue weighted by Crippen LogP contribution is -2.49. The molecule has 1 N–H and O–H groups in total. The molecule has 1 heterocycles. The number of aliphatic carboxylic acids is 1. The second-order valence-corrected chi connectivity index (χ2v) is 4.84. The van der Waals surface area contributed by atoms with Crippen molar-refractivity contribution in [3.05, 3.63) is 0 Å². The Morgan fingerprint density at radius 1 is 1.60 bits per heavy atom. The molecule has 6 heteroatoms. The van der Waals surface area contributed by atoms with E-state index in [9.17, 15) is 9.59 Å². The van der Waals surface area contributed by atoms with Crippen LogP contribution < -0.4 is 0 Å². The number of carboxylic acid groups (broad SMARTS) is 1. The molecule has 1 rings (SSSR count). The smallest absolute Gasteiger partial charge is 0.327 e. The molecule has 0 bridgehead atoms. The van der Waals surface area contributed by atoms with Crippen LogP contribution in [0.2, 0.25) is 0 Å². The molecule has 2 unspecified atom stereocenters. The number of thioether (sulfide) groups is 1. The summed E-state index contributed by atoms with van der Waals surface area (Å²) in [4.78, 5) is 25.8. The predicted octanol–water partition coefficient (Wildman–Crippen LogP) is 0.906. The van der Waals surface area contributed by atoms with E-state index in [0.29, 0.717) is 12.3 Å². The van der Waals surface area contributed by atoms with E-state index in [0.717, 1.165) is 0 Å². The van der Waals surface area contributed by atoms with Gasteiger partial charge < -0.3 is 10.0 Å². The minimum atomic E-state index is -0.926. The number of hydrogen-bond donors (Lipinski definition) is 1. The summed E-state index contributed by atoms with van der Waals surface area (Å²) in [6, 6.07) is -0.895. The third kappa shape index (κ3) is 2.37. The summed E-state index contributed by atoms with van der Waals surface area (Å²) in [5, 5.41) is 8.92. The third-order valence-electron chi connectivity index (χ3n) is 2.53. The molecule has 0 aromatic carbocycles. The Kier molecular flexibility index (Phi) is 3.84. The van der Waals surface area contributed by atoms with Gasteiger partial charge in [-0.3, -0.25) is 4.90 Å². The molecule has 5 nitrogen and oxygen atoms in total. The van der Waals surface area contributed by atoms with Gasteiger partial charge in [0.05, 0.1) is 5.37 Å². The van der Waals surface area contributed by atoms with Crippen LogP contribution in [0.4, 0.5) is 4.79 Å². The van der Waals surface area contributed by atoms with Crippen LogP contribution in [0, 0.1) is 0 Å². The second-order valence-electron chi connectivity index (χ2n) is 3.49. The van der Waals surface area contributed by atoms with Crippen LogP contribution in [0.5, 0.6) is 0 Å². The number of amides is 2. The molecular formula is C9H16N2O3S. The first-order chi connectivity index (χ1) is 6.99. The molecule has 0 aromatic heterocycles. The fourth-order valence-corrected chi connectivity index (χ4v) is 2.62. The van der Waals surface area contributed by atoms with Gasteiger partial charge in [0.1, 0.15) is 6.04 Å². The molecule has 86 valence electrons. The largest absolute Gasteiger partial charge is 0.480 e. The minimum Gasteiger partial charge on any atom is -0.480 e. The molecule has 2 atom stereocenters. The fraction of sp³-hybridized carbons (Fsp3) is 0.778. The van der Waals surface area contributed by atoms with Crippen molar-refractivity contribution in [2.24, 2.45) is 0 Å². The third-order valence-corrected chi connectivity index (χ3v) is 3.75. The first-order valence-corrected chi connectivity index (χ1v) is 5.91. The van der Waals surface area contributed by atoms with Crippen molar-refractivity contribution in [3.8, 4) is 0 Å². The highest BCUT2D eigenvalue weighted by molar-refractivity contribution is 8.00. The Morgan fingerprint density at radius 2 is 2.20 bits per heavy atom. The zero-order valence-corrected chi connectivity index (χ0v) is 9.95. The number of carboxylic acids is 1. The Hall–Kier alpha value is -0.910. The summed E-state index contributed by atoms with van der Waals surface area (Å²) >= 11 is 1.50. The number of carbonyl (C=O) groups is 2. The summed E-state index contributed by atoms with van der Waals surface area (Å²) in [6.45, 7) is 4.30. The van der Waals surface area contributed by atoms with Crippen LogP contribution in [0.1, 0.15) is 13.8 Å². The van der Waals surface area contributed by atoms with Crippen LogP contribution in [0.3, 0.4) is 0 Å². The van der Waals surface area contributed by atoms with Gasteiger partial charge in [0.25, 0.3) is 0 Å².